The molecule has 2 fully saturated rings. The van der Waals surface area contributed by atoms with Crippen molar-refractivity contribution in [2.45, 2.75) is 38.6 Å². The molecule has 0 radical (unpaired) electrons. The van der Waals surface area contributed by atoms with Crippen molar-refractivity contribution in [2.75, 3.05) is 6.54 Å². The zero-order valence-electron chi connectivity index (χ0n) is 12.4. The van der Waals surface area contributed by atoms with Crippen molar-refractivity contribution < 1.29 is 4.42 Å². The number of aromatic nitrogens is 1. The average molecular weight is 286 g/mol. The molecule has 4 heteroatoms. The predicted molar refractivity (Wildman–Crippen MR) is 82.2 cm³/mol. The van der Waals surface area contributed by atoms with Gasteiger partial charge in [-0.25, -0.2) is 4.79 Å². The lowest BCUT2D eigenvalue weighted by molar-refractivity contribution is 0.342. The fourth-order valence-corrected chi connectivity index (χ4v) is 4.05. The Balaban J connectivity index is 1.64. The molecule has 3 unspecified atom stereocenters. The summed E-state index contributed by atoms with van der Waals surface area (Å²) in [5.41, 5.74) is 2.71. The highest BCUT2D eigenvalue weighted by molar-refractivity contribution is 5.72. The molecule has 0 saturated heterocycles. The lowest BCUT2D eigenvalue weighted by Gasteiger charge is -2.26. The van der Waals surface area contributed by atoms with Crippen molar-refractivity contribution in [3.63, 3.8) is 0 Å². The molecule has 2 aliphatic carbocycles. The molecule has 2 aromatic rings. The number of benzene rings is 1. The summed E-state index contributed by atoms with van der Waals surface area (Å²) in [6.07, 6.45) is 5.28. The third-order valence-corrected chi connectivity index (χ3v) is 5.17. The van der Waals surface area contributed by atoms with Crippen LogP contribution < -0.4 is 11.1 Å². The van der Waals surface area contributed by atoms with Crippen molar-refractivity contribution in [3.05, 3.63) is 34.3 Å². The molecule has 0 spiro atoms. The third kappa shape index (κ3) is 2.42. The Kier molecular flexibility index (Phi) is 3.14. The van der Waals surface area contributed by atoms with Gasteiger partial charge in [-0.3, -0.25) is 4.98 Å². The van der Waals surface area contributed by atoms with E-state index < -0.39 is 0 Å². The minimum atomic E-state index is -0.373. The van der Waals surface area contributed by atoms with Crippen LogP contribution >= 0.6 is 0 Å². The van der Waals surface area contributed by atoms with Crippen LogP contribution in [0, 0.1) is 17.8 Å². The average Bonchev–Trinajstić information content (AvgIpc) is 2.92. The van der Waals surface area contributed by atoms with Gasteiger partial charge in [0.15, 0.2) is 5.58 Å². The smallest absolute Gasteiger partial charge is 0.408 e. The Hall–Kier alpha value is -1.55. The first kappa shape index (κ1) is 13.1. The summed E-state index contributed by atoms with van der Waals surface area (Å²) >= 11 is 0. The van der Waals surface area contributed by atoms with Crippen LogP contribution in [0.25, 0.3) is 11.1 Å². The number of H-pyrrole nitrogens is 1. The van der Waals surface area contributed by atoms with Gasteiger partial charge >= 0.3 is 5.76 Å². The first-order valence-electron chi connectivity index (χ1n) is 8.10. The number of fused-ring (bicyclic) bond motifs is 2. The molecule has 1 aromatic carbocycles. The van der Waals surface area contributed by atoms with E-state index in [1.54, 1.807) is 0 Å². The Morgan fingerprint density at radius 3 is 2.90 bits per heavy atom. The van der Waals surface area contributed by atoms with Gasteiger partial charge < -0.3 is 9.73 Å². The molecule has 4 rings (SSSR count). The fourth-order valence-electron chi connectivity index (χ4n) is 4.05. The second kappa shape index (κ2) is 5.02. The van der Waals surface area contributed by atoms with Gasteiger partial charge in [0.25, 0.3) is 0 Å². The Bertz CT molecular complexity index is 692. The Morgan fingerprint density at radius 1 is 1.33 bits per heavy atom. The quantitative estimate of drug-likeness (QED) is 0.887. The highest BCUT2D eigenvalue weighted by Gasteiger charge is 2.48. The molecule has 0 aliphatic heterocycles. The molecule has 1 heterocycles. The van der Waals surface area contributed by atoms with Crippen molar-refractivity contribution in [1.29, 1.82) is 0 Å². The lowest BCUT2D eigenvalue weighted by atomic mass is 9.89. The van der Waals surface area contributed by atoms with Crippen molar-refractivity contribution in [3.8, 4) is 0 Å². The first-order chi connectivity index (χ1) is 10.2. The van der Waals surface area contributed by atoms with E-state index in [1.807, 2.05) is 12.1 Å². The maximum absolute atomic E-state index is 11.3. The number of aromatic amines is 1. The summed E-state index contributed by atoms with van der Waals surface area (Å²) in [6.45, 7) is 3.23. The van der Waals surface area contributed by atoms with Crippen LogP contribution in [0.3, 0.4) is 0 Å². The van der Waals surface area contributed by atoms with Gasteiger partial charge in [0.05, 0.1) is 5.52 Å². The summed E-state index contributed by atoms with van der Waals surface area (Å²) in [7, 11) is 0. The molecule has 2 N–H and O–H groups in total. The molecular weight excluding hydrogens is 264 g/mol. The van der Waals surface area contributed by atoms with Crippen LogP contribution in [0.1, 0.15) is 44.2 Å². The Labute approximate surface area is 123 Å². The van der Waals surface area contributed by atoms with Crippen LogP contribution in [-0.4, -0.2) is 11.5 Å². The molecule has 112 valence electrons. The molecule has 21 heavy (non-hydrogen) atoms. The Morgan fingerprint density at radius 2 is 2.14 bits per heavy atom. The molecule has 4 nitrogen and oxygen atoms in total. The van der Waals surface area contributed by atoms with Crippen molar-refractivity contribution in [1.82, 2.24) is 10.3 Å². The minimum Gasteiger partial charge on any atom is -0.408 e. The van der Waals surface area contributed by atoms with E-state index in [-0.39, 0.29) is 5.76 Å². The zero-order valence-corrected chi connectivity index (χ0v) is 12.4. The number of hydrogen-bond acceptors (Lipinski definition) is 3. The van der Waals surface area contributed by atoms with Gasteiger partial charge in [0, 0.05) is 6.04 Å². The number of rotatable bonds is 5. The van der Waals surface area contributed by atoms with E-state index in [4.69, 9.17) is 4.42 Å². The van der Waals surface area contributed by atoms with Gasteiger partial charge in [-0.1, -0.05) is 13.0 Å². The molecule has 1 aromatic heterocycles. The SMILES string of the molecule is CCCNC(c1ccc2[nH]c(=O)oc2c1)C1CC2CC2C1. The third-order valence-electron chi connectivity index (χ3n) is 5.17. The summed E-state index contributed by atoms with van der Waals surface area (Å²) < 4.78 is 5.22. The summed E-state index contributed by atoms with van der Waals surface area (Å²) in [4.78, 5) is 14.0. The standard InChI is InChI=1S/C17H22N2O2/c1-2-5-18-16(13-7-11-6-12(11)8-13)10-3-4-14-15(9-10)21-17(20)19-14/h3-4,9,11-13,16,18H,2,5-8H2,1H3,(H,19,20). The van der Waals surface area contributed by atoms with E-state index in [1.165, 1.54) is 24.8 Å². The van der Waals surface area contributed by atoms with Gasteiger partial charge in [-0.15, -0.1) is 0 Å². The summed E-state index contributed by atoms with van der Waals surface area (Å²) in [6, 6.07) is 6.52. The molecule has 3 atom stereocenters. The maximum Gasteiger partial charge on any atom is 0.417 e. The number of hydrogen-bond donors (Lipinski definition) is 2. The predicted octanol–water partition coefficient (Wildman–Crippen LogP) is 3.21. The summed E-state index contributed by atoms with van der Waals surface area (Å²) in [5, 5.41) is 3.71. The van der Waals surface area contributed by atoms with Crippen LogP contribution in [0.15, 0.2) is 27.4 Å². The lowest BCUT2D eigenvalue weighted by Crippen LogP contribution is -2.28. The normalized spacial score (nSPS) is 28.7. The van der Waals surface area contributed by atoms with Crippen LogP contribution in [0.5, 0.6) is 0 Å². The fraction of sp³-hybridized carbons (Fsp3) is 0.588. The highest BCUT2D eigenvalue weighted by Crippen LogP contribution is 2.57. The monoisotopic (exact) mass is 286 g/mol. The van der Waals surface area contributed by atoms with E-state index in [9.17, 15) is 4.79 Å². The number of nitrogens with one attached hydrogen (secondary N) is 2. The van der Waals surface area contributed by atoms with Gasteiger partial charge in [-0.05, 0) is 67.7 Å². The van der Waals surface area contributed by atoms with Gasteiger partial charge in [0.2, 0.25) is 0 Å². The molecule has 0 amide bonds. The van der Waals surface area contributed by atoms with Crippen LogP contribution in [0.2, 0.25) is 0 Å². The number of oxazole rings is 1. The molecule has 2 saturated carbocycles. The zero-order chi connectivity index (χ0) is 14.4. The second-order valence-corrected chi connectivity index (χ2v) is 6.69. The largest absolute Gasteiger partial charge is 0.417 e. The molecular formula is C17H22N2O2. The molecule has 0 bridgehead atoms. The van der Waals surface area contributed by atoms with Crippen LogP contribution in [0.4, 0.5) is 0 Å². The first-order valence-corrected chi connectivity index (χ1v) is 8.10. The van der Waals surface area contributed by atoms with Crippen LogP contribution in [-0.2, 0) is 0 Å². The van der Waals surface area contributed by atoms with Gasteiger partial charge in [-0.2, -0.15) is 0 Å². The maximum atomic E-state index is 11.3. The van der Waals surface area contributed by atoms with Crippen molar-refractivity contribution in [2.24, 2.45) is 17.8 Å². The topological polar surface area (TPSA) is 58.0 Å². The van der Waals surface area contributed by atoms with E-state index in [0.29, 0.717) is 11.6 Å². The molecule has 2 aliphatic rings. The van der Waals surface area contributed by atoms with E-state index >= 15 is 0 Å². The van der Waals surface area contributed by atoms with Gasteiger partial charge in [0.1, 0.15) is 0 Å². The van der Waals surface area contributed by atoms with E-state index in [2.05, 4.69) is 23.3 Å². The summed E-state index contributed by atoms with van der Waals surface area (Å²) in [5.74, 6) is 2.32. The van der Waals surface area contributed by atoms with Crippen molar-refractivity contribution >= 4 is 11.1 Å². The second-order valence-electron chi connectivity index (χ2n) is 6.69. The minimum absolute atomic E-state index is 0.373. The van der Waals surface area contributed by atoms with E-state index in [0.717, 1.165) is 36.2 Å². The highest BCUT2D eigenvalue weighted by atomic mass is 16.4.